The van der Waals surface area contributed by atoms with Gasteiger partial charge in [0.25, 0.3) is 5.91 Å². The first-order valence-electron chi connectivity index (χ1n) is 6.21. The molecule has 1 rings (SSSR count). The number of benzene rings is 1. The Labute approximate surface area is 133 Å². The van der Waals surface area contributed by atoms with E-state index in [4.69, 9.17) is 21.4 Å². The molecule has 0 heterocycles. The average Bonchev–Trinajstić information content (AvgIpc) is 2.39. The molecule has 1 aromatic rings. The van der Waals surface area contributed by atoms with E-state index in [0.29, 0.717) is 0 Å². The summed E-state index contributed by atoms with van der Waals surface area (Å²) in [6.45, 7) is 1.18. The number of aliphatic carboxylic acids is 1. The molecule has 0 aromatic heterocycles. The fraction of sp³-hybridized carbons (Fsp3) is 0.385. The van der Waals surface area contributed by atoms with Crippen molar-refractivity contribution in [2.75, 3.05) is 0 Å². The number of carbonyl (C=O) groups excluding carboxylic acids is 1. The van der Waals surface area contributed by atoms with Crippen LogP contribution < -0.4 is 10.1 Å². The quantitative estimate of drug-likeness (QED) is 0.768. The molecule has 1 aromatic carbocycles. The predicted octanol–water partition coefficient (Wildman–Crippen LogP) is 2.77. The monoisotopic (exact) mass is 357 g/mol. The van der Waals surface area contributed by atoms with Gasteiger partial charge in [-0.1, -0.05) is 11.6 Å². The van der Waals surface area contributed by atoms with Gasteiger partial charge in [0.05, 0.1) is 11.4 Å². The molecular weight excluding hydrogens is 346 g/mol. The van der Waals surface area contributed by atoms with Gasteiger partial charge in [-0.2, -0.15) is 13.2 Å². The minimum atomic E-state index is -4.76. The SMILES string of the molecule is CC(Oc1ccc(F)cc1Cl)C(=O)NC(CC(F)(F)F)C(=O)O. The Hall–Kier alpha value is -2.03. The second-order valence-electron chi connectivity index (χ2n) is 4.55. The van der Waals surface area contributed by atoms with Crippen molar-refractivity contribution in [2.24, 2.45) is 0 Å². The molecule has 0 fully saturated rings. The van der Waals surface area contributed by atoms with E-state index in [2.05, 4.69) is 0 Å². The van der Waals surface area contributed by atoms with Gasteiger partial charge in [0.2, 0.25) is 0 Å². The van der Waals surface area contributed by atoms with Crippen molar-refractivity contribution in [1.82, 2.24) is 5.32 Å². The van der Waals surface area contributed by atoms with E-state index in [-0.39, 0.29) is 10.8 Å². The number of hydrogen-bond acceptors (Lipinski definition) is 3. The standard InChI is InChI=1S/C13H12ClF4NO4/c1-6(23-10-3-2-7(15)4-8(10)14)11(20)19-9(12(21)22)5-13(16,17)18/h2-4,6,9H,5H2,1H3,(H,19,20)(H,21,22). The first-order chi connectivity index (χ1) is 10.5. The summed E-state index contributed by atoms with van der Waals surface area (Å²) in [6, 6.07) is 0.921. The Bertz CT molecular complexity index is 594. The van der Waals surface area contributed by atoms with Crippen molar-refractivity contribution in [3.8, 4) is 5.75 Å². The van der Waals surface area contributed by atoms with Crippen LogP contribution in [0.1, 0.15) is 13.3 Å². The molecule has 0 aliphatic heterocycles. The largest absolute Gasteiger partial charge is 0.480 e. The second kappa shape index (κ2) is 7.49. The third-order valence-corrected chi connectivity index (χ3v) is 2.91. The molecule has 2 unspecified atom stereocenters. The number of amides is 1. The molecule has 2 N–H and O–H groups in total. The van der Waals surface area contributed by atoms with Crippen LogP contribution in [0.2, 0.25) is 5.02 Å². The second-order valence-corrected chi connectivity index (χ2v) is 4.96. The molecule has 0 spiro atoms. The summed E-state index contributed by atoms with van der Waals surface area (Å²) in [6.07, 6.45) is -7.83. The van der Waals surface area contributed by atoms with Gasteiger partial charge in [-0.05, 0) is 25.1 Å². The van der Waals surface area contributed by atoms with Crippen LogP contribution in [0.25, 0.3) is 0 Å². The Morgan fingerprint density at radius 1 is 1.39 bits per heavy atom. The van der Waals surface area contributed by atoms with Crippen LogP contribution in [0.15, 0.2) is 18.2 Å². The molecule has 2 atom stereocenters. The van der Waals surface area contributed by atoms with Crippen LogP contribution in [0, 0.1) is 5.82 Å². The molecule has 0 saturated carbocycles. The van der Waals surface area contributed by atoms with Crippen molar-refractivity contribution in [2.45, 2.75) is 31.7 Å². The molecule has 0 bridgehead atoms. The molecule has 10 heteroatoms. The van der Waals surface area contributed by atoms with Crippen molar-refractivity contribution < 1.29 is 37.0 Å². The molecule has 23 heavy (non-hydrogen) atoms. The van der Waals surface area contributed by atoms with E-state index in [0.717, 1.165) is 18.2 Å². The number of rotatable bonds is 6. The highest BCUT2D eigenvalue weighted by Gasteiger charge is 2.37. The number of alkyl halides is 3. The predicted molar refractivity (Wildman–Crippen MR) is 71.7 cm³/mol. The molecule has 1 amide bonds. The van der Waals surface area contributed by atoms with Crippen LogP contribution in [-0.2, 0) is 9.59 Å². The lowest BCUT2D eigenvalue weighted by molar-refractivity contribution is -0.160. The zero-order chi connectivity index (χ0) is 17.8. The van der Waals surface area contributed by atoms with E-state index >= 15 is 0 Å². The Kier molecular flexibility index (Phi) is 6.20. The highest BCUT2D eigenvalue weighted by Crippen LogP contribution is 2.26. The molecule has 0 aliphatic carbocycles. The van der Waals surface area contributed by atoms with Crippen LogP contribution in [0.5, 0.6) is 5.75 Å². The summed E-state index contributed by atoms with van der Waals surface area (Å²) in [5.41, 5.74) is 0. The van der Waals surface area contributed by atoms with E-state index in [1.807, 2.05) is 0 Å². The number of nitrogens with one attached hydrogen (secondary N) is 1. The normalized spacial score (nSPS) is 14.0. The van der Waals surface area contributed by atoms with Gasteiger partial charge >= 0.3 is 12.1 Å². The number of halogens is 5. The number of carbonyl (C=O) groups is 2. The maximum atomic E-state index is 12.9. The molecular formula is C13H12ClF4NO4. The lowest BCUT2D eigenvalue weighted by Gasteiger charge is -2.20. The Morgan fingerprint density at radius 3 is 2.48 bits per heavy atom. The highest BCUT2D eigenvalue weighted by molar-refractivity contribution is 6.32. The Balaban J connectivity index is 2.73. The lowest BCUT2D eigenvalue weighted by atomic mass is 10.2. The summed E-state index contributed by atoms with van der Waals surface area (Å²) >= 11 is 5.68. The van der Waals surface area contributed by atoms with E-state index < -0.39 is 42.4 Å². The van der Waals surface area contributed by atoms with Gasteiger partial charge in [-0.3, -0.25) is 4.79 Å². The molecule has 0 saturated heterocycles. The van der Waals surface area contributed by atoms with Gasteiger partial charge in [0, 0.05) is 0 Å². The fourth-order valence-corrected chi connectivity index (χ4v) is 1.75. The van der Waals surface area contributed by atoms with E-state index in [1.165, 1.54) is 6.92 Å². The number of hydrogen-bond donors (Lipinski definition) is 2. The smallest absolute Gasteiger partial charge is 0.391 e. The maximum Gasteiger partial charge on any atom is 0.391 e. The van der Waals surface area contributed by atoms with Crippen molar-refractivity contribution in [1.29, 1.82) is 0 Å². The zero-order valence-electron chi connectivity index (χ0n) is 11.7. The van der Waals surface area contributed by atoms with Gasteiger partial charge in [0.1, 0.15) is 17.6 Å². The Morgan fingerprint density at radius 2 is 2.00 bits per heavy atom. The summed E-state index contributed by atoms with van der Waals surface area (Å²) in [5.74, 6) is -3.63. The summed E-state index contributed by atoms with van der Waals surface area (Å²) in [4.78, 5) is 22.5. The minimum Gasteiger partial charge on any atom is -0.480 e. The topological polar surface area (TPSA) is 75.6 Å². The zero-order valence-corrected chi connectivity index (χ0v) is 12.4. The minimum absolute atomic E-state index is 0.0709. The first kappa shape index (κ1) is 19.0. The van der Waals surface area contributed by atoms with Gasteiger partial charge in [0.15, 0.2) is 6.10 Å². The van der Waals surface area contributed by atoms with Crippen LogP contribution in [-0.4, -0.2) is 35.3 Å². The fourth-order valence-electron chi connectivity index (χ4n) is 1.54. The first-order valence-corrected chi connectivity index (χ1v) is 6.59. The van der Waals surface area contributed by atoms with Crippen LogP contribution in [0.3, 0.4) is 0 Å². The highest BCUT2D eigenvalue weighted by atomic mass is 35.5. The van der Waals surface area contributed by atoms with Crippen molar-refractivity contribution >= 4 is 23.5 Å². The molecule has 0 aliphatic rings. The average molecular weight is 358 g/mol. The van der Waals surface area contributed by atoms with Crippen molar-refractivity contribution in [3.63, 3.8) is 0 Å². The number of carboxylic acids is 1. The number of carboxylic acid groups (broad SMARTS) is 1. The summed E-state index contributed by atoms with van der Waals surface area (Å²) in [5, 5.41) is 10.3. The summed E-state index contributed by atoms with van der Waals surface area (Å²) in [7, 11) is 0. The maximum absolute atomic E-state index is 12.9. The van der Waals surface area contributed by atoms with Gasteiger partial charge in [-0.15, -0.1) is 0 Å². The molecule has 128 valence electrons. The molecule has 5 nitrogen and oxygen atoms in total. The summed E-state index contributed by atoms with van der Waals surface area (Å²) < 4.78 is 54.7. The van der Waals surface area contributed by atoms with Gasteiger partial charge < -0.3 is 15.2 Å². The molecule has 0 radical (unpaired) electrons. The third kappa shape index (κ3) is 6.31. The van der Waals surface area contributed by atoms with Crippen molar-refractivity contribution in [3.05, 3.63) is 29.0 Å². The van der Waals surface area contributed by atoms with Gasteiger partial charge in [-0.25, -0.2) is 9.18 Å². The third-order valence-electron chi connectivity index (χ3n) is 2.62. The van der Waals surface area contributed by atoms with E-state index in [9.17, 15) is 27.2 Å². The van der Waals surface area contributed by atoms with Crippen LogP contribution >= 0.6 is 11.6 Å². The number of ether oxygens (including phenoxy) is 1. The van der Waals surface area contributed by atoms with E-state index in [1.54, 1.807) is 5.32 Å². The van der Waals surface area contributed by atoms with Crippen LogP contribution in [0.4, 0.5) is 17.6 Å². The lowest BCUT2D eigenvalue weighted by Crippen LogP contribution is -2.48.